The summed E-state index contributed by atoms with van der Waals surface area (Å²) in [6.45, 7) is 3.12. The quantitative estimate of drug-likeness (QED) is 0.460. The second-order valence-corrected chi connectivity index (χ2v) is 6.77. The Morgan fingerprint density at radius 2 is 1.61 bits per heavy atom. The molecule has 0 atom stereocenters. The zero-order valence-electron chi connectivity index (χ0n) is 15.8. The Labute approximate surface area is 163 Å². The summed E-state index contributed by atoms with van der Waals surface area (Å²) in [5.74, 6) is -0.0499. The van der Waals surface area contributed by atoms with Crippen molar-refractivity contribution in [3.63, 3.8) is 0 Å². The highest BCUT2D eigenvalue weighted by molar-refractivity contribution is 6.00. The first-order valence-corrected chi connectivity index (χ1v) is 9.12. The lowest BCUT2D eigenvalue weighted by atomic mass is 9.98. The van der Waals surface area contributed by atoms with E-state index in [0.29, 0.717) is 5.56 Å². The maximum Gasteiger partial charge on any atom is 0.227 e. The third-order valence-electron chi connectivity index (χ3n) is 4.86. The van der Waals surface area contributed by atoms with E-state index < -0.39 is 0 Å². The Hall–Kier alpha value is -3.66. The van der Waals surface area contributed by atoms with E-state index in [0.717, 1.165) is 33.3 Å². The Bertz CT molecular complexity index is 1230. The van der Waals surface area contributed by atoms with Gasteiger partial charge >= 0.3 is 0 Å². The van der Waals surface area contributed by atoms with Crippen LogP contribution in [0, 0.1) is 0 Å². The van der Waals surface area contributed by atoms with Gasteiger partial charge in [0.25, 0.3) is 0 Å². The second-order valence-electron chi connectivity index (χ2n) is 6.77. The smallest absolute Gasteiger partial charge is 0.227 e. The Kier molecular flexibility index (Phi) is 4.53. The molecule has 4 heteroatoms. The maximum absolute atomic E-state index is 12.4. The fraction of sp³-hybridized carbons (Fsp3) is 0.0833. The van der Waals surface area contributed by atoms with Crippen LogP contribution < -0.4 is 0 Å². The number of nitrogens with zero attached hydrogens (tertiary/aromatic N) is 1. The SMILES string of the molecule is CC(=O)c1ccccc1-c1cc2cn(C(C)=O)c3ccccc3ccc-2c[nH]1. The summed E-state index contributed by atoms with van der Waals surface area (Å²) in [6, 6.07) is 21.3. The van der Waals surface area contributed by atoms with Gasteiger partial charge in [-0.3, -0.25) is 14.2 Å². The molecule has 2 aliphatic rings. The Balaban J connectivity index is 2.04. The van der Waals surface area contributed by atoms with Gasteiger partial charge in [0.1, 0.15) is 0 Å². The molecule has 0 amide bonds. The molecule has 0 aromatic heterocycles. The van der Waals surface area contributed by atoms with E-state index in [1.807, 2.05) is 79.1 Å². The van der Waals surface area contributed by atoms with Crippen LogP contribution in [0.25, 0.3) is 33.3 Å². The summed E-state index contributed by atoms with van der Waals surface area (Å²) in [5, 5.41) is 0.977. The number of ketones is 1. The summed E-state index contributed by atoms with van der Waals surface area (Å²) in [6.07, 6.45) is 3.76. The van der Waals surface area contributed by atoms with Crippen LogP contribution in [-0.2, 0) is 0 Å². The van der Waals surface area contributed by atoms with Gasteiger partial charge in [-0.1, -0.05) is 54.6 Å². The number of aromatic amines is 1. The van der Waals surface area contributed by atoms with Gasteiger partial charge < -0.3 is 4.98 Å². The lowest BCUT2D eigenvalue weighted by Crippen LogP contribution is -2.06. The van der Waals surface area contributed by atoms with Crippen LogP contribution in [0.1, 0.15) is 29.0 Å². The van der Waals surface area contributed by atoms with Crippen molar-refractivity contribution >= 4 is 22.6 Å². The number of hydrogen-bond donors (Lipinski definition) is 1. The van der Waals surface area contributed by atoms with E-state index in [9.17, 15) is 9.59 Å². The van der Waals surface area contributed by atoms with Crippen molar-refractivity contribution in [3.05, 3.63) is 84.7 Å². The number of aromatic nitrogens is 2. The molecule has 2 aromatic carbocycles. The molecule has 0 bridgehead atoms. The van der Waals surface area contributed by atoms with Gasteiger partial charge in [0.15, 0.2) is 5.78 Å². The van der Waals surface area contributed by atoms with Gasteiger partial charge in [-0.2, -0.15) is 0 Å². The molecular formula is C24H20N2O2. The predicted molar refractivity (Wildman–Crippen MR) is 112 cm³/mol. The van der Waals surface area contributed by atoms with Crippen LogP contribution in [0.15, 0.2) is 79.1 Å². The number of rotatable bonds is 2. The molecule has 0 unspecified atom stereocenters. The fourth-order valence-electron chi connectivity index (χ4n) is 3.45. The number of Topliss-reactive ketones (excluding diaryl/α,β-unsaturated/α-hetero) is 1. The van der Waals surface area contributed by atoms with Crippen LogP contribution in [0.3, 0.4) is 0 Å². The summed E-state index contributed by atoms with van der Waals surface area (Å²) >= 11 is 0. The molecule has 2 aliphatic heterocycles. The number of nitrogens with one attached hydrogen (secondary N) is 1. The van der Waals surface area contributed by atoms with Crippen LogP contribution >= 0.6 is 0 Å². The van der Waals surface area contributed by atoms with Crippen LogP contribution in [0.4, 0.5) is 0 Å². The van der Waals surface area contributed by atoms with Crippen molar-refractivity contribution in [2.24, 2.45) is 0 Å². The second kappa shape index (κ2) is 7.16. The third-order valence-corrected chi connectivity index (χ3v) is 4.86. The lowest BCUT2D eigenvalue weighted by molar-refractivity contribution is 0.0940. The standard InChI is InChI=1S/C24H20N2O2/c1-16(27)21-8-4-5-9-22(21)23-13-20-15-26(17(2)28)24-10-6-3-7-18(24)11-12-19(20)14-25-23/h3-15,25H,1-2H3. The third kappa shape index (κ3) is 3.21. The zero-order chi connectivity index (χ0) is 19.7. The molecule has 2 aromatic rings. The van der Waals surface area contributed by atoms with Gasteiger partial charge in [0.05, 0.1) is 5.52 Å². The minimum Gasteiger partial charge on any atom is -0.361 e. The number of hydrogen-bond acceptors (Lipinski definition) is 2. The van der Waals surface area contributed by atoms with Crippen molar-refractivity contribution in [1.82, 2.24) is 9.55 Å². The van der Waals surface area contributed by atoms with Gasteiger partial charge in [-0.25, -0.2) is 0 Å². The largest absolute Gasteiger partial charge is 0.361 e. The first-order chi connectivity index (χ1) is 13.5. The van der Waals surface area contributed by atoms with E-state index in [4.69, 9.17) is 0 Å². The minimum atomic E-state index is -0.0628. The first kappa shape index (κ1) is 17.7. The number of H-pyrrole nitrogens is 1. The molecule has 4 nitrogen and oxygen atoms in total. The highest BCUT2D eigenvalue weighted by Gasteiger charge is 2.12. The molecular weight excluding hydrogens is 348 g/mol. The highest BCUT2D eigenvalue weighted by Crippen LogP contribution is 2.29. The molecule has 0 saturated heterocycles. The number of pyridine rings is 1. The summed E-state index contributed by atoms with van der Waals surface area (Å²) in [7, 11) is 0. The number of carbonyl (C=O) groups is 2. The van der Waals surface area contributed by atoms with Gasteiger partial charge in [0.2, 0.25) is 5.91 Å². The molecule has 0 radical (unpaired) electrons. The average molecular weight is 368 g/mol. The number of carbonyl (C=O) groups excluding carboxylic acids is 2. The summed E-state index contributed by atoms with van der Waals surface area (Å²) < 4.78 is 1.67. The topological polar surface area (TPSA) is 54.9 Å². The van der Waals surface area contributed by atoms with Crippen molar-refractivity contribution in [2.45, 2.75) is 13.8 Å². The predicted octanol–water partition coefficient (Wildman–Crippen LogP) is 5.73. The fourth-order valence-corrected chi connectivity index (χ4v) is 3.45. The Morgan fingerprint density at radius 1 is 0.857 bits per heavy atom. The molecule has 0 saturated carbocycles. The normalized spacial score (nSPS) is 10.8. The first-order valence-electron chi connectivity index (χ1n) is 9.12. The highest BCUT2D eigenvalue weighted by atomic mass is 16.1. The molecule has 4 rings (SSSR count). The van der Waals surface area contributed by atoms with E-state index in [-0.39, 0.29) is 11.7 Å². The van der Waals surface area contributed by atoms with E-state index in [1.54, 1.807) is 18.4 Å². The molecule has 0 spiro atoms. The van der Waals surface area contributed by atoms with E-state index in [1.165, 1.54) is 0 Å². The lowest BCUT2D eigenvalue weighted by Gasteiger charge is -2.13. The van der Waals surface area contributed by atoms with E-state index in [2.05, 4.69) is 4.98 Å². The molecule has 1 N–H and O–H groups in total. The van der Waals surface area contributed by atoms with Crippen LogP contribution in [0.2, 0.25) is 0 Å². The van der Waals surface area contributed by atoms with Gasteiger partial charge in [0, 0.05) is 41.7 Å². The molecule has 0 aliphatic carbocycles. The molecule has 2 heterocycles. The maximum atomic E-state index is 12.4. The summed E-state index contributed by atoms with van der Waals surface area (Å²) in [4.78, 5) is 27.7. The number of para-hydroxylation sites is 1. The van der Waals surface area contributed by atoms with Crippen molar-refractivity contribution in [2.75, 3.05) is 0 Å². The van der Waals surface area contributed by atoms with Crippen molar-refractivity contribution < 1.29 is 9.59 Å². The van der Waals surface area contributed by atoms with Crippen LogP contribution in [0.5, 0.6) is 0 Å². The van der Waals surface area contributed by atoms with Gasteiger partial charge in [-0.05, 0) is 30.0 Å². The summed E-state index contributed by atoms with van der Waals surface area (Å²) in [5.41, 5.74) is 5.03. The van der Waals surface area contributed by atoms with Crippen LogP contribution in [-0.4, -0.2) is 21.2 Å². The van der Waals surface area contributed by atoms with E-state index >= 15 is 0 Å². The van der Waals surface area contributed by atoms with Crippen molar-refractivity contribution in [3.8, 4) is 22.4 Å². The molecule has 0 fully saturated rings. The number of benzene rings is 2. The average Bonchev–Trinajstić information content (AvgIpc) is 2.69. The van der Waals surface area contributed by atoms with Gasteiger partial charge in [-0.15, -0.1) is 0 Å². The molecule has 28 heavy (non-hydrogen) atoms. The van der Waals surface area contributed by atoms with Crippen molar-refractivity contribution in [1.29, 1.82) is 0 Å². The monoisotopic (exact) mass is 368 g/mol. The molecule has 138 valence electrons. The minimum absolute atomic E-state index is 0.0129. The zero-order valence-corrected chi connectivity index (χ0v) is 15.8. The Morgan fingerprint density at radius 3 is 2.39 bits per heavy atom. The number of fused-ring (bicyclic) bond motifs is 2.